The van der Waals surface area contributed by atoms with E-state index in [1.54, 1.807) is 18.9 Å². The van der Waals surface area contributed by atoms with E-state index in [4.69, 9.17) is 4.74 Å². The molecule has 0 aliphatic rings. The molecule has 4 nitrogen and oxygen atoms in total. The van der Waals surface area contributed by atoms with Gasteiger partial charge in [0.05, 0.1) is 7.11 Å². The first-order valence-electron chi connectivity index (χ1n) is 7.00. The Hall–Kier alpha value is -0.910. The molecule has 0 aliphatic carbocycles. The van der Waals surface area contributed by atoms with Gasteiger partial charge < -0.3 is 15.4 Å². The van der Waals surface area contributed by atoms with Crippen molar-refractivity contribution in [2.75, 3.05) is 32.5 Å². The zero-order chi connectivity index (χ0) is 14.6. The van der Waals surface area contributed by atoms with Crippen molar-refractivity contribution in [3.63, 3.8) is 0 Å². The van der Waals surface area contributed by atoms with Gasteiger partial charge in [-0.05, 0) is 37.2 Å². The number of methoxy groups -OCH3 is 1. The summed E-state index contributed by atoms with van der Waals surface area (Å²) in [6, 6.07) is 7.88. The summed E-state index contributed by atoms with van der Waals surface area (Å²) >= 11 is 1.68. The minimum absolute atomic E-state index is 0. The van der Waals surface area contributed by atoms with Crippen molar-refractivity contribution in [2.45, 2.75) is 24.7 Å². The van der Waals surface area contributed by atoms with Crippen LogP contribution in [0.1, 0.15) is 19.8 Å². The second-order valence-electron chi connectivity index (χ2n) is 4.37. The average molecular weight is 333 g/mol. The summed E-state index contributed by atoms with van der Waals surface area (Å²) in [5.74, 6) is 1.76. The van der Waals surface area contributed by atoms with Crippen LogP contribution in [0.15, 0.2) is 29.2 Å². The highest BCUT2D eigenvalue weighted by molar-refractivity contribution is 7.99. The van der Waals surface area contributed by atoms with E-state index >= 15 is 0 Å². The molecular weight excluding hydrogens is 308 g/mol. The third-order valence-corrected chi connectivity index (χ3v) is 3.72. The molecule has 0 aromatic heterocycles. The lowest BCUT2D eigenvalue weighted by Gasteiger charge is -2.06. The summed E-state index contributed by atoms with van der Waals surface area (Å²) in [5.41, 5.74) is 0. The number of hydrogen-bond donors (Lipinski definition) is 2. The second-order valence-corrected chi connectivity index (χ2v) is 5.54. The monoisotopic (exact) mass is 332 g/mol. The van der Waals surface area contributed by atoms with Crippen LogP contribution < -0.4 is 15.4 Å². The first-order chi connectivity index (χ1) is 9.76. The molecule has 0 radical (unpaired) electrons. The van der Waals surface area contributed by atoms with Gasteiger partial charge in [-0.3, -0.25) is 4.79 Å². The summed E-state index contributed by atoms with van der Waals surface area (Å²) in [7, 11) is 1.65. The van der Waals surface area contributed by atoms with E-state index in [0.717, 1.165) is 35.9 Å². The van der Waals surface area contributed by atoms with Crippen LogP contribution in [0.5, 0.6) is 5.75 Å². The topological polar surface area (TPSA) is 50.4 Å². The molecule has 0 aliphatic heterocycles. The molecule has 0 saturated carbocycles. The summed E-state index contributed by atoms with van der Waals surface area (Å²) < 4.78 is 5.10. The van der Waals surface area contributed by atoms with Crippen LogP contribution in [-0.2, 0) is 4.79 Å². The van der Waals surface area contributed by atoms with Gasteiger partial charge in [0.2, 0.25) is 5.91 Å². The molecule has 1 rings (SSSR count). The predicted octanol–water partition coefficient (Wildman–Crippen LogP) is 2.72. The molecule has 0 unspecified atom stereocenters. The van der Waals surface area contributed by atoms with Crippen LogP contribution in [-0.4, -0.2) is 38.4 Å². The maximum atomic E-state index is 11.6. The van der Waals surface area contributed by atoms with Gasteiger partial charge in [0.25, 0.3) is 0 Å². The molecule has 0 bridgehead atoms. The molecule has 2 N–H and O–H groups in total. The van der Waals surface area contributed by atoms with Gasteiger partial charge in [0.1, 0.15) is 5.75 Å². The fourth-order valence-electron chi connectivity index (χ4n) is 1.61. The molecule has 0 atom stereocenters. The van der Waals surface area contributed by atoms with Crippen molar-refractivity contribution >= 4 is 30.1 Å². The third kappa shape index (κ3) is 9.61. The van der Waals surface area contributed by atoms with Gasteiger partial charge in [-0.2, -0.15) is 0 Å². The van der Waals surface area contributed by atoms with Crippen molar-refractivity contribution in [3.8, 4) is 5.75 Å². The zero-order valence-electron chi connectivity index (χ0n) is 12.7. The van der Waals surface area contributed by atoms with Crippen LogP contribution >= 0.6 is 24.2 Å². The van der Waals surface area contributed by atoms with Crippen LogP contribution in [0.2, 0.25) is 0 Å². The van der Waals surface area contributed by atoms with Gasteiger partial charge in [0.15, 0.2) is 0 Å². The summed E-state index contributed by atoms with van der Waals surface area (Å²) in [6.07, 6.45) is 1.66. The summed E-state index contributed by atoms with van der Waals surface area (Å²) in [6.45, 7) is 4.67. The Morgan fingerprint density at radius 2 is 1.90 bits per heavy atom. The largest absolute Gasteiger partial charge is 0.497 e. The molecule has 1 amide bonds. The second kappa shape index (κ2) is 12.8. The number of carbonyl (C=O) groups excluding carboxylic acids is 1. The summed E-state index contributed by atoms with van der Waals surface area (Å²) in [5, 5.41) is 6.16. The molecule has 21 heavy (non-hydrogen) atoms. The highest BCUT2D eigenvalue weighted by Crippen LogP contribution is 2.21. The van der Waals surface area contributed by atoms with E-state index in [0.29, 0.717) is 13.0 Å². The fourth-order valence-corrected chi connectivity index (χ4v) is 2.47. The number of halogens is 1. The lowest BCUT2D eigenvalue weighted by atomic mass is 10.3. The van der Waals surface area contributed by atoms with E-state index in [-0.39, 0.29) is 18.3 Å². The van der Waals surface area contributed by atoms with Gasteiger partial charge in [-0.25, -0.2) is 0 Å². The smallest absolute Gasteiger partial charge is 0.220 e. The number of nitrogens with one attached hydrogen (secondary N) is 2. The Morgan fingerprint density at radius 1 is 1.19 bits per heavy atom. The molecule has 1 aromatic carbocycles. The fraction of sp³-hybridized carbons (Fsp3) is 0.533. The Balaban J connectivity index is 0.00000400. The maximum Gasteiger partial charge on any atom is 0.220 e. The van der Waals surface area contributed by atoms with Crippen molar-refractivity contribution in [1.29, 1.82) is 0 Å². The number of benzene rings is 1. The van der Waals surface area contributed by atoms with Crippen LogP contribution in [0, 0.1) is 0 Å². The SMILES string of the molecule is CCCNCCNC(=O)CCSc1ccc(OC)cc1.Cl. The molecule has 0 spiro atoms. The quantitative estimate of drug-likeness (QED) is 0.511. The molecule has 1 aromatic rings. The lowest BCUT2D eigenvalue weighted by molar-refractivity contribution is -0.120. The van der Waals surface area contributed by atoms with Crippen LogP contribution in [0.25, 0.3) is 0 Å². The van der Waals surface area contributed by atoms with Crippen molar-refractivity contribution in [3.05, 3.63) is 24.3 Å². The van der Waals surface area contributed by atoms with Crippen LogP contribution in [0.4, 0.5) is 0 Å². The maximum absolute atomic E-state index is 11.6. The lowest BCUT2D eigenvalue weighted by Crippen LogP contribution is -2.32. The highest BCUT2D eigenvalue weighted by Gasteiger charge is 2.01. The Bertz CT molecular complexity index is 388. The zero-order valence-corrected chi connectivity index (χ0v) is 14.3. The Kier molecular flexibility index (Phi) is 12.2. The molecule has 6 heteroatoms. The van der Waals surface area contributed by atoms with Gasteiger partial charge in [0, 0.05) is 30.2 Å². The number of carbonyl (C=O) groups is 1. The number of amides is 1. The van der Waals surface area contributed by atoms with E-state index in [9.17, 15) is 4.79 Å². The highest BCUT2D eigenvalue weighted by atomic mass is 35.5. The first kappa shape index (κ1) is 20.1. The predicted molar refractivity (Wildman–Crippen MR) is 91.8 cm³/mol. The normalized spacial score (nSPS) is 9.81. The molecule has 0 heterocycles. The average Bonchev–Trinajstić information content (AvgIpc) is 2.48. The van der Waals surface area contributed by atoms with E-state index in [1.807, 2.05) is 24.3 Å². The first-order valence-corrected chi connectivity index (χ1v) is 7.99. The van der Waals surface area contributed by atoms with Crippen molar-refractivity contribution in [1.82, 2.24) is 10.6 Å². The standard InChI is InChI=1S/C15H24N2O2S.ClH/c1-3-9-16-10-11-17-15(18)8-12-20-14-6-4-13(19-2)5-7-14;/h4-7,16H,3,8-12H2,1-2H3,(H,17,18);1H. The Morgan fingerprint density at radius 3 is 2.52 bits per heavy atom. The molecular formula is C15H25ClN2O2S. The van der Waals surface area contributed by atoms with E-state index in [2.05, 4.69) is 17.6 Å². The third-order valence-electron chi connectivity index (χ3n) is 2.71. The molecule has 0 fully saturated rings. The van der Waals surface area contributed by atoms with Crippen molar-refractivity contribution < 1.29 is 9.53 Å². The van der Waals surface area contributed by atoms with Gasteiger partial charge in [-0.1, -0.05) is 6.92 Å². The minimum atomic E-state index is 0. The number of ether oxygens (including phenoxy) is 1. The Labute approximate surface area is 137 Å². The van der Waals surface area contributed by atoms with E-state index in [1.165, 1.54) is 0 Å². The number of rotatable bonds is 10. The molecule has 120 valence electrons. The van der Waals surface area contributed by atoms with Crippen LogP contribution in [0.3, 0.4) is 0 Å². The van der Waals surface area contributed by atoms with Crippen molar-refractivity contribution in [2.24, 2.45) is 0 Å². The summed E-state index contributed by atoms with van der Waals surface area (Å²) in [4.78, 5) is 12.7. The van der Waals surface area contributed by atoms with Gasteiger partial charge >= 0.3 is 0 Å². The number of hydrogen-bond acceptors (Lipinski definition) is 4. The van der Waals surface area contributed by atoms with Gasteiger partial charge in [-0.15, -0.1) is 24.2 Å². The van der Waals surface area contributed by atoms with E-state index < -0.39 is 0 Å². The number of thioether (sulfide) groups is 1. The molecule has 0 saturated heterocycles. The minimum Gasteiger partial charge on any atom is -0.497 e.